The molecular formula is C11H15ClO2. The average Bonchev–Trinajstić information content (AvgIpc) is 2.19. The van der Waals surface area contributed by atoms with Crippen molar-refractivity contribution in [3.8, 4) is 5.75 Å². The molecule has 0 bridgehead atoms. The van der Waals surface area contributed by atoms with Gasteiger partial charge in [-0.3, -0.25) is 0 Å². The maximum Gasteiger partial charge on any atom is 0.138 e. The van der Waals surface area contributed by atoms with Gasteiger partial charge in [0.15, 0.2) is 0 Å². The van der Waals surface area contributed by atoms with E-state index in [2.05, 4.69) is 0 Å². The Kier molecular flexibility index (Phi) is 4.23. The molecule has 0 fully saturated rings. The molecule has 0 aromatic heterocycles. The first-order valence-electron chi connectivity index (χ1n) is 4.63. The van der Waals surface area contributed by atoms with Gasteiger partial charge in [0.05, 0.1) is 11.6 Å². The standard InChI is InChI=1S/C11H15ClO2/c1-8-3-4-10(12)11(5-8)14-7-9(2)6-13/h3-5,9,13H,6-7H2,1-2H3. The van der Waals surface area contributed by atoms with Crippen molar-refractivity contribution in [1.29, 1.82) is 0 Å². The summed E-state index contributed by atoms with van der Waals surface area (Å²) in [6.45, 7) is 4.52. The van der Waals surface area contributed by atoms with Gasteiger partial charge >= 0.3 is 0 Å². The second kappa shape index (κ2) is 5.23. The molecule has 78 valence electrons. The third-order valence-electron chi connectivity index (χ3n) is 1.92. The molecule has 0 aliphatic rings. The number of halogens is 1. The van der Waals surface area contributed by atoms with Crippen molar-refractivity contribution in [3.05, 3.63) is 28.8 Å². The number of hydrogen-bond acceptors (Lipinski definition) is 2. The minimum atomic E-state index is 0.128. The van der Waals surface area contributed by atoms with Gasteiger partial charge < -0.3 is 9.84 Å². The van der Waals surface area contributed by atoms with E-state index in [1.807, 2.05) is 32.0 Å². The number of ether oxygens (including phenoxy) is 1. The van der Waals surface area contributed by atoms with Crippen LogP contribution >= 0.6 is 11.6 Å². The number of aliphatic hydroxyl groups excluding tert-OH is 1. The van der Waals surface area contributed by atoms with Crippen molar-refractivity contribution >= 4 is 11.6 Å². The van der Waals surface area contributed by atoms with Crippen LogP contribution in [0.4, 0.5) is 0 Å². The molecule has 3 heteroatoms. The van der Waals surface area contributed by atoms with E-state index in [1.165, 1.54) is 0 Å². The summed E-state index contributed by atoms with van der Waals surface area (Å²) < 4.78 is 5.48. The Morgan fingerprint density at radius 2 is 2.21 bits per heavy atom. The maximum atomic E-state index is 8.82. The molecule has 0 amide bonds. The summed E-state index contributed by atoms with van der Waals surface area (Å²) >= 11 is 5.94. The van der Waals surface area contributed by atoms with Crippen LogP contribution in [0.15, 0.2) is 18.2 Å². The normalized spacial score (nSPS) is 12.6. The summed E-state index contributed by atoms with van der Waals surface area (Å²) in [7, 11) is 0. The quantitative estimate of drug-likeness (QED) is 0.835. The van der Waals surface area contributed by atoms with Crippen molar-refractivity contribution < 1.29 is 9.84 Å². The van der Waals surface area contributed by atoms with Gasteiger partial charge in [-0.1, -0.05) is 24.6 Å². The lowest BCUT2D eigenvalue weighted by Crippen LogP contribution is -2.12. The molecule has 0 spiro atoms. The highest BCUT2D eigenvalue weighted by Crippen LogP contribution is 2.25. The zero-order valence-corrected chi connectivity index (χ0v) is 9.21. The van der Waals surface area contributed by atoms with Crippen LogP contribution in [0, 0.1) is 12.8 Å². The maximum absolute atomic E-state index is 8.82. The summed E-state index contributed by atoms with van der Waals surface area (Å²) in [5, 5.41) is 9.44. The van der Waals surface area contributed by atoms with E-state index in [4.69, 9.17) is 21.4 Å². The molecular weight excluding hydrogens is 200 g/mol. The predicted octanol–water partition coefficient (Wildman–Crippen LogP) is 2.66. The lowest BCUT2D eigenvalue weighted by Gasteiger charge is -2.12. The highest BCUT2D eigenvalue weighted by Gasteiger charge is 2.04. The largest absolute Gasteiger partial charge is 0.492 e. The summed E-state index contributed by atoms with van der Waals surface area (Å²) in [6, 6.07) is 5.65. The van der Waals surface area contributed by atoms with Crippen LogP contribution < -0.4 is 4.74 Å². The van der Waals surface area contributed by atoms with Crippen LogP contribution in [-0.4, -0.2) is 18.3 Å². The zero-order chi connectivity index (χ0) is 10.6. The highest BCUT2D eigenvalue weighted by atomic mass is 35.5. The third-order valence-corrected chi connectivity index (χ3v) is 2.23. The van der Waals surface area contributed by atoms with Crippen LogP contribution in [0.2, 0.25) is 5.02 Å². The van der Waals surface area contributed by atoms with E-state index in [-0.39, 0.29) is 12.5 Å². The van der Waals surface area contributed by atoms with E-state index in [9.17, 15) is 0 Å². The molecule has 0 saturated heterocycles. The van der Waals surface area contributed by atoms with Crippen LogP contribution in [0.25, 0.3) is 0 Å². The van der Waals surface area contributed by atoms with Crippen molar-refractivity contribution in [2.45, 2.75) is 13.8 Å². The number of aliphatic hydroxyl groups is 1. The van der Waals surface area contributed by atoms with Crippen LogP contribution in [0.3, 0.4) is 0 Å². The molecule has 1 aromatic rings. The van der Waals surface area contributed by atoms with Gasteiger partial charge in [-0.15, -0.1) is 0 Å². The fourth-order valence-corrected chi connectivity index (χ4v) is 1.18. The van der Waals surface area contributed by atoms with Crippen molar-refractivity contribution in [2.24, 2.45) is 5.92 Å². The van der Waals surface area contributed by atoms with Crippen LogP contribution in [0.1, 0.15) is 12.5 Å². The number of rotatable bonds is 4. The number of aryl methyl sites for hydroxylation is 1. The fraction of sp³-hybridized carbons (Fsp3) is 0.455. The van der Waals surface area contributed by atoms with Gasteiger partial charge in [-0.05, 0) is 24.6 Å². The van der Waals surface area contributed by atoms with Crippen molar-refractivity contribution in [3.63, 3.8) is 0 Å². The highest BCUT2D eigenvalue weighted by molar-refractivity contribution is 6.32. The van der Waals surface area contributed by atoms with E-state index in [0.29, 0.717) is 17.4 Å². The molecule has 2 nitrogen and oxygen atoms in total. The molecule has 1 N–H and O–H groups in total. The number of hydrogen-bond donors (Lipinski definition) is 1. The SMILES string of the molecule is Cc1ccc(Cl)c(OCC(C)CO)c1. The molecule has 1 atom stereocenters. The first-order chi connectivity index (χ1) is 6.63. The zero-order valence-electron chi connectivity index (χ0n) is 8.46. The molecule has 14 heavy (non-hydrogen) atoms. The summed E-state index contributed by atoms with van der Waals surface area (Å²) in [5.41, 5.74) is 1.11. The van der Waals surface area contributed by atoms with E-state index in [0.717, 1.165) is 5.56 Å². The van der Waals surface area contributed by atoms with Crippen LogP contribution in [0.5, 0.6) is 5.75 Å². The molecule has 0 heterocycles. The molecule has 0 aliphatic carbocycles. The molecule has 0 saturated carbocycles. The monoisotopic (exact) mass is 214 g/mol. The number of benzene rings is 1. The van der Waals surface area contributed by atoms with Gasteiger partial charge in [-0.2, -0.15) is 0 Å². The summed E-state index contributed by atoms with van der Waals surface area (Å²) in [6.07, 6.45) is 0. The minimum absolute atomic E-state index is 0.128. The van der Waals surface area contributed by atoms with Gasteiger partial charge in [0.1, 0.15) is 5.75 Å². The molecule has 0 aliphatic heterocycles. The topological polar surface area (TPSA) is 29.5 Å². The Bertz CT molecular complexity index is 299. The second-order valence-electron chi connectivity index (χ2n) is 3.53. The Balaban J connectivity index is 2.62. The smallest absolute Gasteiger partial charge is 0.138 e. The van der Waals surface area contributed by atoms with Crippen molar-refractivity contribution in [1.82, 2.24) is 0 Å². The Labute approximate surface area is 89.5 Å². The van der Waals surface area contributed by atoms with Gasteiger partial charge in [0.25, 0.3) is 0 Å². The second-order valence-corrected chi connectivity index (χ2v) is 3.94. The minimum Gasteiger partial charge on any atom is -0.492 e. The summed E-state index contributed by atoms with van der Waals surface area (Å²) in [4.78, 5) is 0. The lowest BCUT2D eigenvalue weighted by atomic mass is 10.2. The van der Waals surface area contributed by atoms with E-state index < -0.39 is 0 Å². The third kappa shape index (κ3) is 3.20. The molecule has 0 radical (unpaired) electrons. The summed E-state index contributed by atoms with van der Waals surface area (Å²) in [5.74, 6) is 0.818. The predicted molar refractivity (Wildman–Crippen MR) is 57.9 cm³/mol. The Hall–Kier alpha value is -0.730. The fourth-order valence-electron chi connectivity index (χ4n) is 1.01. The molecule has 1 unspecified atom stereocenters. The van der Waals surface area contributed by atoms with Gasteiger partial charge in [-0.25, -0.2) is 0 Å². The van der Waals surface area contributed by atoms with Gasteiger partial charge in [0.2, 0.25) is 0 Å². The Morgan fingerprint density at radius 3 is 2.86 bits per heavy atom. The first kappa shape index (κ1) is 11.3. The Morgan fingerprint density at radius 1 is 1.50 bits per heavy atom. The molecule has 1 aromatic carbocycles. The van der Waals surface area contributed by atoms with E-state index in [1.54, 1.807) is 0 Å². The average molecular weight is 215 g/mol. The lowest BCUT2D eigenvalue weighted by molar-refractivity contribution is 0.174. The van der Waals surface area contributed by atoms with Gasteiger partial charge in [0, 0.05) is 12.5 Å². The first-order valence-corrected chi connectivity index (χ1v) is 5.01. The van der Waals surface area contributed by atoms with Crippen molar-refractivity contribution in [2.75, 3.05) is 13.2 Å². The molecule has 1 rings (SSSR count). The van der Waals surface area contributed by atoms with Crippen LogP contribution in [-0.2, 0) is 0 Å². The van der Waals surface area contributed by atoms with E-state index >= 15 is 0 Å².